The molecule has 4 N–H and O–H groups in total. The van der Waals surface area contributed by atoms with E-state index in [4.69, 9.17) is 14.2 Å². The summed E-state index contributed by atoms with van der Waals surface area (Å²) in [4.78, 5) is 57.5. The van der Waals surface area contributed by atoms with Crippen molar-refractivity contribution in [2.45, 2.75) is 102 Å². The molecule has 1 aromatic rings. The molecule has 49 heavy (non-hydrogen) atoms. The van der Waals surface area contributed by atoms with Crippen molar-refractivity contribution in [3.8, 4) is 0 Å². The monoisotopic (exact) mass is 682 g/mol. The average Bonchev–Trinajstić information content (AvgIpc) is 3.69. The highest BCUT2D eigenvalue weighted by molar-refractivity contribution is 5.86. The Bertz CT molecular complexity index is 1560. The molecule has 13 heteroatoms. The number of fused-ring (bicyclic) bond motifs is 9. The van der Waals surface area contributed by atoms with E-state index in [2.05, 4.69) is 35.5 Å². The number of carbonyl (C=O) groups is 4. The van der Waals surface area contributed by atoms with Gasteiger partial charge in [0.05, 0.1) is 30.1 Å². The first-order valence-corrected chi connectivity index (χ1v) is 17.8. The summed E-state index contributed by atoms with van der Waals surface area (Å²) < 4.78 is 21.6. The second-order valence-electron chi connectivity index (χ2n) is 15.9. The number of carbonyl (C=O) groups excluding carboxylic acids is 4. The maximum absolute atomic E-state index is 14.5. The smallest absolute Gasteiger partial charge is 0.331 e. The summed E-state index contributed by atoms with van der Waals surface area (Å²) in [6, 6.07) is -1.14. The van der Waals surface area contributed by atoms with Gasteiger partial charge in [0.25, 0.3) is 0 Å². The minimum atomic E-state index is -1.68. The molecule has 3 aliphatic carbocycles. The average molecular weight is 683 g/mol. The zero-order valence-electron chi connectivity index (χ0n) is 29.1. The van der Waals surface area contributed by atoms with Crippen LogP contribution in [0.25, 0.3) is 0 Å². The van der Waals surface area contributed by atoms with E-state index < -0.39 is 65.4 Å². The Kier molecular flexibility index (Phi) is 8.50. The van der Waals surface area contributed by atoms with Crippen LogP contribution in [0.2, 0.25) is 0 Å². The van der Waals surface area contributed by atoms with Gasteiger partial charge < -0.3 is 39.6 Å². The molecule has 4 heterocycles. The van der Waals surface area contributed by atoms with Crippen molar-refractivity contribution in [2.24, 2.45) is 60.3 Å². The minimum Gasteiger partial charge on any atom is -0.461 e. The molecule has 0 aromatic carbocycles. The largest absolute Gasteiger partial charge is 0.461 e. The summed E-state index contributed by atoms with van der Waals surface area (Å²) in [7, 11) is 1.79. The Balaban J connectivity index is 1.27. The van der Waals surface area contributed by atoms with Gasteiger partial charge in [0, 0.05) is 57.1 Å². The van der Waals surface area contributed by atoms with Crippen LogP contribution >= 0.6 is 0 Å². The van der Waals surface area contributed by atoms with E-state index in [0.717, 1.165) is 12.0 Å². The summed E-state index contributed by atoms with van der Waals surface area (Å²) in [5, 5.41) is 28.3. The first-order chi connectivity index (χ1) is 23.2. The quantitative estimate of drug-likeness (QED) is 0.232. The number of nitrogens with zero attached hydrogens (tertiary/aromatic N) is 2. The number of allylic oxidation sites excluding steroid dienone is 1. The van der Waals surface area contributed by atoms with Crippen LogP contribution in [-0.4, -0.2) is 85.8 Å². The molecule has 2 saturated carbocycles. The van der Waals surface area contributed by atoms with E-state index in [1.807, 2.05) is 13.8 Å². The van der Waals surface area contributed by atoms with Crippen LogP contribution in [0.1, 0.15) is 66.0 Å². The van der Waals surface area contributed by atoms with E-state index in [0.29, 0.717) is 18.5 Å². The van der Waals surface area contributed by atoms with Gasteiger partial charge in [-0.05, 0) is 62.7 Å². The number of aromatic nitrogens is 2. The van der Waals surface area contributed by atoms with Crippen LogP contribution in [0.4, 0.5) is 0 Å². The topological polar surface area (TPSA) is 178 Å². The van der Waals surface area contributed by atoms with Crippen LogP contribution in [0.5, 0.6) is 0 Å². The highest BCUT2D eigenvalue weighted by Gasteiger charge is 2.76. The van der Waals surface area contributed by atoms with E-state index in [9.17, 15) is 29.4 Å². The lowest BCUT2D eigenvalue weighted by Crippen LogP contribution is -2.70. The second kappa shape index (κ2) is 12.2. The fourth-order valence-electron chi connectivity index (χ4n) is 10.8. The van der Waals surface area contributed by atoms with Crippen molar-refractivity contribution in [3.05, 3.63) is 29.9 Å². The molecule has 7 rings (SSSR count). The molecule has 268 valence electrons. The summed E-state index contributed by atoms with van der Waals surface area (Å²) in [6.07, 6.45) is 5.29. The molecule has 1 aromatic heterocycles. The van der Waals surface area contributed by atoms with Gasteiger partial charge in [0.2, 0.25) is 17.6 Å². The lowest BCUT2D eigenvalue weighted by atomic mass is 9.59. The van der Waals surface area contributed by atoms with Gasteiger partial charge in [-0.3, -0.25) is 14.4 Å². The molecule has 3 unspecified atom stereocenters. The van der Waals surface area contributed by atoms with Gasteiger partial charge in [0.15, 0.2) is 0 Å². The predicted octanol–water partition coefficient (Wildman–Crippen LogP) is 1.41. The van der Waals surface area contributed by atoms with Crippen LogP contribution in [0.3, 0.4) is 0 Å². The number of hydrogen-bond acceptors (Lipinski definition) is 10. The molecule has 3 aliphatic heterocycles. The molecule has 3 saturated heterocycles. The lowest BCUT2D eigenvalue weighted by molar-refractivity contribution is -0.371. The molecule has 0 radical (unpaired) electrons. The summed E-state index contributed by atoms with van der Waals surface area (Å²) in [5.41, 5.74) is 1.07. The van der Waals surface area contributed by atoms with Gasteiger partial charge in [-0.15, -0.1) is 0 Å². The molecule has 5 fully saturated rings. The maximum atomic E-state index is 14.5. The number of nitrogens with one attached hydrogen (secondary N) is 2. The molecule has 0 spiro atoms. The van der Waals surface area contributed by atoms with Gasteiger partial charge in [-0.2, -0.15) is 0 Å². The normalized spacial score (nSPS) is 43.7. The van der Waals surface area contributed by atoms with Crippen molar-refractivity contribution >= 4 is 23.8 Å². The maximum Gasteiger partial charge on any atom is 0.331 e. The van der Waals surface area contributed by atoms with Crippen molar-refractivity contribution in [2.75, 3.05) is 6.54 Å². The third-order valence-corrected chi connectivity index (χ3v) is 13.2. The summed E-state index contributed by atoms with van der Waals surface area (Å²) in [5.74, 6) is -6.42. The highest BCUT2D eigenvalue weighted by Crippen LogP contribution is 2.69. The number of amides is 2. The Hall–Kier alpha value is -3.29. The number of aryl methyl sites for hydroxylation is 1. The standard InChI is InChI=1S/C36H50N4O9/c1-16-11-22-28(32(44)17(2)31(22)43)27-21(16)13-23-29(27)30-34(46)47-25-7-9-35(23,5)49-36(30,18(25)3)48-33(45)24(12-20-14-37-15-40(20)6)39-26(42)8-10-38-19(4)41/h11,14-15,17-18,21-25,27-32,43-44H,7-10,12-13H2,1-6H3,(H,38,41)(H,39,42)/t17-,18+,21-,22+,23+,24?,25-,27-,28-,29+,30?,31-,32+,35+,36?/m0/s1. The predicted molar refractivity (Wildman–Crippen MR) is 173 cm³/mol. The Morgan fingerprint density at radius 3 is 2.63 bits per heavy atom. The van der Waals surface area contributed by atoms with Gasteiger partial charge in [0.1, 0.15) is 18.1 Å². The number of ether oxygens (including phenoxy) is 3. The van der Waals surface area contributed by atoms with Crippen molar-refractivity contribution in [1.82, 2.24) is 20.2 Å². The number of aliphatic hydroxyl groups is 2. The number of rotatable bonds is 8. The SMILES string of the molecule is CC(=O)NCCC(=O)NC(Cc1cncn1C)C(=O)OC12O[C@]3(C)CC[C@H](OC(=O)C1[C@H]1[C@@H]4[C@H]5[C@H](O)[C@@H](C)[C@H](O)[C@@H]5C=C(C)[C@@H]4C[C@H]13)[C@H]2C. The Morgan fingerprint density at radius 1 is 1.18 bits per heavy atom. The van der Waals surface area contributed by atoms with E-state index in [1.54, 1.807) is 24.1 Å². The van der Waals surface area contributed by atoms with Crippen LogP contribution in [-0.2, 0) is 46.9 Å². The van der Waals surface area contributed by atoms with Crippen LogP contribution in [0, 0.1) is 53.3 Å². The van der Waals surface area contributed by atoms with E-state index >= 15 is 0 Å². The highest BCUT2D eigenvalue weighted by atomic mass is 16.7. The van der Waals surface area contributed by atoms with Crippen LogP contribution < -0.4 is 10.6 Å². The second-order valence-corrected chi connectivity index (χ2v) is 15.9. The van der Waals surface area contributed by atoms with Crippen molar-refractivity contribution < 1.29 is 43.6 Å². The Morgan fingerprint density at radius 2 is 1.94 bits per heavy atom. The molecule has 3 bridgehead atoms. The lowest BCUT2D eigenvalue weighted by Gasteiger charge is -2.58. The fraction of sp³-hybridized carbons (Fsp3) is 0.750. The van der Waals surface area contributed by atoms with Crippen molar-refractivity contribution in [3.63, 3.8) is 0 Å². The molecular formula is C36H50N4O9. The number of aliphatic hydroxyl groups excluding tert-OH is 2. The number of hydrogen-bond donors (Lipinski definition) is 4. The first kappa shape index (κ1) is 34.2. The zero-order valence-corrected chi connectivity index (χ0v) is 29.1. The zero-order chi connectivity index (χ0) is 35.2. The molecule has 2 amide bonds. The minimum absolute atomic E-state index is 0.0449. The van der Waals surface area contributed by atoms with Gasteiger partial charge in [-0.25, -0.2) is 9.78 Å². The third-order valence-electron chi connectivity index (χ3n) is 13.2. The van der Waals surface area contributed by atoms with Gasteiger partial charge >= 0.3 is 11.9 Å². The van der Waals surface area contributed by atoms with Crippen LogP contribution in [0.15, 0.2) is 24.2 Å². The molecule has 13 nitrogen and oxygen atoms in total. The number of imidazole rings is 1. The van der Waals surface area contributed by atoms with Crippen molar-refractivity contribution in [1.29, 1.82) is 0 Å². The number of esters is 2. The summed E-state index contributed by atoms with van der Waals surface area (Å²) >= 11 is 0. The first-order valence-electron chi connectivity index (χ1n) is 17.8. The molecule has 15 atom stereocenters. The fourth-order valence-corrected chi connectivity index (χ4v) is 10.8. The summed E-state index contributed by atoms with van der Waals surface area (Å²) in [6.45, 7) is 9.39. The van der Waals surface area contributed by atoms with E-state index in [1.165, 1.54) is 6.92 Å². The van der Waals surface area contributed by atoms with E-state index in [-0.39, 0.29) is 66.7 Å². The Labute approximate surface area is 286 Å². The van der Waals surface area contributed by atoms with Gasteiger partial charge in [-0.1, -0.05) is 25.5 Å². The molecule has 6 aliphatic rings. The third kappa shape index (κ3) is 5.33. The molecular weight excluding hydrogens is 632 g/mol.